The Balaban J connectivity index is 1.49. The minimum Gasteiger partial charge on any atom is -0.477 e. The maximum Gasteiger partial charge on any atom is 0.346 e. The molecule has 0 amide bonds. The smallest absolute Gasteiger partial charge is 0.346 e. The van der Waals surface area contributed by atoms with Crippen molar-refractivity contribution in [2.24, 2.45) is 17.3 Å². The first kappa shape index (κ1) is 21.9. The summed E-state index contributed by atoms with van der Waals surface area (Å²) in [4.78, 5) is 11.7. The van der Waals surface area contributed by atoms with Gasteiger partial charge in [0.15, 0.2) is 0 Å². The van der Waals surface area contributed by atoms with Crippen molar-refractivity contribution in [1.29, 1.82) is 0 Å². The Labute approximate surface area is 177 Å². The quantitative estimate of drug-likeness (QED) is 0.342. The zero-order valence-corrected chi connectivity index (χ0v) is 18.4. The third-order valence-electron chi connectivity index (χ3n) is 7.22. The van der Waals surface area contributed by atoms with Crippen molar-refractivity contribution < 1.29 is 15.0 Å². The highest BCUT2D eigenvalue weighted by atomic mass is 35.5. The molecular weight excluding hydrogens is 392 g/mol. The number of thiophene rings is 1. The van der Waals surface area contributed by atoms with Gasteiger partial charge in [-0.05, 0) is 92.0 Å². The minimum absolute atomic E-state index is 0.155. The zero-order chi connectivity index (χ0) is 20.1. The number of halogens is 1. The lowest BCUT2D eigenvalue weighted by Gasteiger charge is -2.45. The van der Waals surface area contributed by atoms with E-state index in [1.54, 1.807) is 0 Å². The summed E-state index contributed by atoms with van der Waals surface area (Å²) in [6, 6.07) is 1.94. The Kier molecular flexibility index (Phi) is 7.63. The van der Waals surface area contributed by atoms with E-state index in [2.05, 4.69) is 19.1 Å². The number of aryl methyl sites for hydroxylation is 1. The van der Waals surface area contributed by atoms with E-state index in [1.807, 2.05) is 11.4 Å². The molecule has 1 heterocycles. The zero-order valence-electron chi connectivity index (χ0n) is 16.8. The number of rotatable bonds is 10. The van der Waals surface area contributed by atoms with Gasteiger partial charge in [-0.3, -0.25) is 0 Å². The Morgan fingerprint density at radius 1 is 1.43 bits per heavy atom. The summed E-state index contributed by atoms with van der Waals surface area (Å²) < 4.78 is 0. The first-order chi connectivity index (χ1) is 13.5. The van der Waals surface area contributed by atoms with Crippen molar-refractivity contribution in [1.82, 2.24) is 0 Å². The van der Waals surface area contributed by atoms with Crippen LogP contribution in [0.3, 0.4) is 0 Å². The standard InChI is InChI=1S/C23H33ClO3S/c1-2-23(13-5-14-23)20(25)9-4-8-18-16(10-11-19(18)24)6-3-7-17-12-15-28-21(17)22(26)27/h4,8,12,15-16,18-20,25H,2-3,5-7,9-11,13-14H2,1H3,(H,26,27)/b8-4+/t16-,18+,19+,20?/m0/s1. The van der Waals surface area contributed by atoms with Crippen LogP contribution in [0.2, 0.25) is 0 Å². The van der Waals surface area contributed by atoms with Crippen molar-refractivity contribution in [2.45, 2.75) is 82.6 Å². The van der Waals surface area contributed by atoms with Crippen LogP contribution in [0.15, 0.2) is 23.6 Å². The lowest BCUT2D eigenvalue weighted by Crippen LogP contribution is -2.40. The summed E-state index contributed by atoms with van der Waals surface area (Å²) in [7, 11) is 0. The fraction of sp³-hybridized carbons (Fsp3) is 0.696. The van der Waals surface area contributed by atoms with E-state index in [0.29, 0.717) is 16.7 Å². The number of carboxylic acid groups (broad SMARTS) is 1. The van der Waals surface area contributed by atoms with Gasteiger partial charge < -0.3 is 10.2 Å². The Morgan fingerprint density at radius 3 is 2.86 bits per heavy atom. The summed E-state index contributed by atoms with van der Waals surface area (Å²) in [5, 5.41) is 21.9. The minimum atomic E-state index is -0.817. The van der Waals surface area contributed by atoms with E-state index in [1.165, 1.54) is 17.8 Å². The molecule has 1 unspecified atom stereocenters. The highest BCUT2D eigenvalue weighted by Gasteiger charge is 2.41. The van der Waals surface area contributed by atoms with Crippen molar-refractivity contribution in [2.75, 3.05) is 0 Å². The average molecular weight is 425 g/mol. The largest absolute Gasteiger partial charge is 0.477 e. The van der Waals surface area contributed by atoms with Gasteiger partial charge in [-0.2, -0.15) is 0 Å². The fourth-order valence-corrected chi connectivity index (χ4v) is 6.32. The summed E-state index contributed by atoms with van der Waals surface area (Å²) in [5.74, 6) is 0.114. The fourth-order valence-electron chi connectivity index (χ4n) is 5.11. The number of aliphatic hydroxyl groups is 1. The van der Waals surface area contributed by atoms with Crippen LogP contribution in [0.4, 0.5) is 0 Å². The predicted octanol–water partition coefficient (Wildman–Crippen LogP) is 6.29. The van der Waals surface area contributed by atoms with Crippen LogP contribution in [-0.2, 0) is 6.42 Å². The molecular formula is C23H33ClO3S. The second kappa shape index (κ2) is 9.77. The molecule has 2 N–H and O–H groups in total. The summed E-state index contributed by atoms with van der Waals surface area (Å²) in [5.41, 5.74) is 1.11. The maximum absolute atomic E-state index is 11.3. The van der Waals surface area contributed by atoms with E-state index < -0.39 is 5.97 Å². The van der Waals surface area contributed by atoms with Crippen molar-refractivity contribution in [3.63, 3.8) is 0 Å². The van der Waals surface area contributed by atoms with Gasteiger partial charge in [0, 0.05) is 5.38 Å². The van der Waals surface area contributed by atoms with E-state index in [9.17, 15) is 15.0 Å². The number of alkyl halides is 1. The van der Waals surface area contributed by atoms with Gasteiger partial charge >= 0.3 is 5.97 Å². The number of carboxylic acids is 1. The second-order valence-corrected chi connectivity index (χ2v) is 10.1. The highest BCUT2D eigenvalue weighted by Crippen LogP contribution is 2.48. The Hall–Kier alpha value is -0.840. The van der Waals surface area contributed by atoms with Gasteiger partial charge in [0.2, 0.25) is 0 Å². The molecule has 1 aromatic heterocycles. The van der Waals surface area contributed by atoms with Gasteiger partial charge in [-0.15, -0.1) is 22.9 Å². The van der Waals surface area contributed by atoms with E-state index >= 15 is 0 Å². The molecule has 0 bridgehead atoms. The van der Waals surface area contributed by atoms with Gasteiger partial charge in [0.1, 0.15) is 4.88 Å². The lowest BCUT2D eigenvalue weighted by atomic mass is 9.63. The van der Waals surface area contributed by atoms with Crippen molar-refractivity contribution >= 4 is 28.9 Å². The average Bonchev–Trinajstić information content (AvgIpc) is 3.23. The third kappa shape index (κ3) is 4.83. The van der Waals surface area contributed by atoms with Crippen LogP contribution >= 0.6 is 22.9 Å². The lowest BCUT2D eigenvalue weighted by molar-refractivity contribution is -0.0355. The number of aliphatic hydroxyl groups excluding tert-OH is 1. The summed E-state index contributed by atoms with van der Waals surface area (Å²) >= 11 is 7.91. The third-order valence-corrected chi connectivity index (χ3v) is 8.67. The highest BCUT2D eigenvalue weighted by molar-refractivity contribution is 7.12. The van der Waals surface area contributed by atoms with Gasteiger partial charge in [-0.25, -0.2) is 4.79 Å². The van der Waals surface area contributed by atoms with E-state index in [4.69, 9.17) is 11.6 Å². The molecule has 1 aromatic rings. The summed E-state index contributed by atoms with van der Waals surface area (Å²) in [6.07, 6.45) is 14.6. The monoisotopic (exact) mass is 424 g/mol. The van der Waals surface area contributed by atoms with Crippen LogP contribution in [0.25, 0.3) is 0 Å². The van der Waals surface area contributed by atoms with Crippen molar-refractivity contribution in [3.05, 3.63) is 34.0 Å². The van der Waals surface area contributed by atoms with Gasteiger partial charge in [-0.1, -0.05) is 25.5 Å². The van der Waals surface area contributed by atoms with Gasteiger partial charge in [0.05, 0.1) is 6.10 Å². The Bertz CT molecular complexity index is 674. The van der Waals surface area contributed by atoms with Crippen LogP contribution in [-0.4, -0.2) is 27.7 Å². The number of carbonyl (C=O) groups is 1. The molecule has 2 aliphatic carbocycles. The molecule has 0 saturated heterocycles. The van der Waals surface area contributed by atoms with Crippen LogP contribution in [0.1, 0.15) is 79.9 Å². The molecule has 4 atom stereocenters. The number of allylic oxidation sites excluding steroid dienone is 1. The van der Waals surface area contributed by atoms with E-state index in [-0.39, 0.29) is 16.9 Å². The molecule has 28 heavy (non-hydrogen) atoms. The molecule has 0 radical (unpaired) electrons. The van der Waals surface area contributed by atoms with Crippen LogP contribution in [0, 0.1) is 17.3 Å². The maximum atomic E-state index is 11.3. The first-order valence-electron chi connectivity index (χ1n) is 10.8. The Morgan fingerprint density at radius 2 is 2.21 bits per heavy atom. The molecule has 3 nitrogen and oxygen atoms in total. The van der Waals surface area contributed by atoms with Crippen LogP contribution in [0.5, 0.6) is 0 Å². The topological polar surface area (TPSA) is 57.5 Å². The van der Waals surface area contributed by atoms with E-state index in [0.717, 1.165) is 63.4 Å². The molecule has 0 spiro atoms. The summed E-state index contributed by atoms with van der Waals surface area (Å²) in [6.45, 7) is 2.19. The SMILES string of the molecule is CCC1(C(O)C/C=C/[C@@H]2[C@@H](CCCc3ccsc3C(=O)O)CC[C@H]2Cl)CCC1. The number of hydrogen-bond donors (Lipinski definition) is 2. The molecule has 3 rings (SSSR count). The van der Waals surface area contributed by atoms with Crippen LogP contribution < -0.4 is 0 Å². The number of aromatic carboxylic acids is 1. The van der Waals surface area contributed by atoms with Gasteiger partial charge in [0.25, 0.3) is 0 Å². The molecule has 2 aliphatic rings. The molecule has 5 heteroatoms. The molecule has 2 fully saturated rings. The van der Waals surface area contributed by atoms with Crippen molar-refractivity contribution in [3.8, 4) is 0 Å². The second-order valence-electron chi connectivity index (χ2n) is 8.65. The normalized spacial score (nSPS) is 27.8. The first-order valence-corrected chi connectivity index (χ1v) is 12.1. The number of hydrogen-bond acceptors (Lipinski definition) is 3. The molecule has 156 valence electrons. The molecule has 0 aromatic carbocycles. The predicted molar refractivity (Wildman–Crippen MR) is 116 cm³/mol. The molecule has 2 saturated carbocycles. The molecule has 0 aliphatic heterocycles.